The predicted octanol–water partition coefficient (Wildman–Crippen LogP) is 1.91. The molecule has 1 saturated heterocycles. The fourth-order valence-electron chi connectivity index (χ4n) is 1.67. The Bertz CT molecular complexity index is 131. The minimum absolute atomic E-state index is 0. The summed E-state index contributed by atoms with van der Waals surface area (Å²) in [6.45, 7) is 9.12. The van der Waals surface area contributed by atoms with Crippen LogP contribution in [0.4, 0.5) is 0 Å². The third kappa shape index (κ3) is 4.50. The molecule has 1 aliphatic rings. The van der Waals surface area contributed by atoms with Gasteiger partial charge in [-0.25, -0.2) is 0 Å². The van der Waals surface area contributed by atoms with Gasteiger partial charge in [-0.15, -0.1) is 24.8 Å². The van der Waals surface area contributed by atoms with Crippen molar-refractivity contribution in [2.24, 2.45) is 11.7 Å². The van der Waals surface area contributed by atoms with Gasteiger partial charge in [0.15, 0.2) is 0 Å². The zero-order valence-electron chi connectivity index (χ0n) is 8.69. The zero-order chi connectivity index (χ0) is 8.43. The third-order valence-electron chi connectivity index (χ3n) is 2.73. The number of rotatable bonds is 1. The van der Waals surface area contributed by atoms with Gasteiger partial charge < -0.3 is 10.6 Å². The first kappa shape index (κ1) is 15.9. The molecule has 1 fully saturated rings. The van der Waals surface area contributed by atoms with Crippen molar-refractivity contribution < 1.29 is 0 Å². The molecule has 0 aromatic carbocycles. The van der Waals surface area contributed by atoms with Gasteiger partial charge in [0.05, 0.1) is 0 Å². The van der Waals surface area contributed by atoms with Crippen molar-refractivity contribution in [1.82, 2.24) is 4.90 Å². The lowest BCUT2D eigenvalue weighted by atomic mass is 9.94. The maximum atomic E-state index is 5.91. The Morgan fingerprint density at radius 3 is 2.23 bits per heavy atom. The fraction of sp³-hybridized carbons (Fsp3) is 1.00. The summed E-state index contributed by atoms with van der Waals surface area (Å²) in [6, 6.07) is 1.12. The van der Waals surface area contributed by atoms with Crippen molar-refractivity contribution >= 4 is 24.8 Å². The second kappa shape index (κ2) is 6.88. The number of halogens is 2. The largest absolute Gasteiger partial charge is 0.327 e. The lowest BCUT2D eigenvalue weighted by Gasteiger charge is -2.37. The van der Waals surface area contributed by atoms with E-state index in [1.54, 1.807) is 0 Å². The molecule has 0 aromatic rings. The van der Waals surface area contributed by atoms with E-state index in [9.17, 15) is 0 Å². The molecule has 1 aliphatic heterocycles. The maximum absolute atomic E-state index is 5.91. The van der Waals surface area contributed by atoms with Gasteiger partial charge in [0, 0.05) is 18.6 Å². The molecule has 1 heterocycles. The van der Waals surface area contributed by atoms with E-state index in [1.165, 1.54) is 19.5 Å². The summed E-state index contributed by atoms with van der Waals surface area (Å²) in [4.78, 5) is 2.51. The normalized spacial score (nSPS) is 29.3. The average molecular weight is 229 g/mol. The van der Waals surface area contributed by atoms with E-state index in [1.807, 2.05) is 0 Å². The highest BCUT2D eigenvalue weighted by Crippen LogP contribution is 2.16. The second-order valence-electron chi connectivity index (χ2n) is 4.02. The van der Waals surface area contributed by atoms with Gasteiger partial charge in [0.25, 0.3) is 0 Å². The van der Waals surface area contributed by atoms with Crippen molar-refractivity contribution in [2.75, 3.05) is 13.1 Å². The fourth-order valence-corrected chi connectivity index (χ4v) is 1.67. The van der Waals surface area contributed by atoms with Crippen LogP contribution in [0.2, 0.25) is 0 Å². The van der Waals surface area contributed by atoms with Gasteiger partial charge >= 0.3 is 0 Å². The smallest absolute Gasteiger partial charge is 0.00889 e. The van der Waals surface area contributed by atoms with Gasteiger partial charge in [-0.05, 0) is 32.7 Å². The van der Waals surface area contributed by atoms with E-state index in [-0.39, 0.29) is 24.8 Å². The first-order valence-electron chi connectivity index (χ1n) is 4.61. The Balaban J connectivity index is 0. The molecule has 2 unspecified atom stereocenters. The van der Waals surface area contributed by atoms with Gasteiger partial charge in [0.1, 0.15) is 0 Å². The molecule has 0 aliphatic carbocycles. The summed E-state index contributed by atoms with van der Waals surface area (Å²) in [6.07, 6.45) is 1.17. The molecule has 0 radical (unpaired) electrons. The Hall–Kier alpha value is 0.500. The van der Waals surface area contributed by atoms with E-state index >= 15 is 0 Å². The summed E-state index contributed by atoms with van der Waals surface area (Å²) < 4.78 is 0. The van der Waals surface area contributed by atoms with Crippen LogP contribution in [0.5, 0.6) is 0 Å². The number of likely N-dealkylation sites (tertiary alicyclic amines) is 1. The van der Waals surface area contributed by atoms with Gasteiger partial charge in [-0.1, -0.05) is 6.92 Å². The standard InChI is InChI=1S/C9H20N2.2ClH/c1-7(2)11-5-4-9(10)8(3)6-11;;/h7-9H,4-6,10H2,1-3H3;2*1H. The highest BCUT2D eigenvalue weighted by Gasteiger charge is 2.23. The zero-order valence-corrected chi connectivity index (χ0v) is 10.3. The van der Waals surface area contributed by atoms with E-state index < -0.39 is 0 Å². The van der Waals surface area contributed by atoms with E-state index in [0.717, 1.165) is 0 Å². The average Bonchev–Trinajstić information content (AvgIpc) is 1.94. The Labute approximate surface area is 94.1 Å². The minimum Gasteiger partial charge on any atom is -0.327 e. The number of hydrogen-bond acceptors (Lipinski definition) is 2. The highest BCUT2D eigenvalue weighted by atomic mass is 35.5. The molecule has 0 amide bonds. The molecule has 0 saturated carbocycles. The quantitative estimate of drug-likeness (QED) is 0.744. The molecule has 2 atom stereocenters. The molecule has 0 aromatic heterocycles. The summed E-state index contributed by atoms with van der Waals surface area (Å²) in [5.41, 5.74) is 5.91. The van der Waals surface area contributed by atoms with Crippen LogP contribution in [0.1, 0.15) is 27.2 Å². The van der Waals surface area contributed by atoms with Gasteiger partial charge in [-0.3, -0.25) is 0 Å². The van der Waals surface area contributed by atoms with Crippen LogP contribution in [-0.4, -0.2) is 30.1 Å². The number of nitrogens with zero attached hydrogens (tertiary/aromatic N) is 1. The van der Waals surface area contributed by atoms with Gasteiger partial charge in [-0.2, -0.15) is 0 Å². The molecular formula is C9H22Cl2N2. The van der Waals surface area contributed by atoms with Crippen LogP contribution in [-0.2, 0) is 0 Å². The molecule has 0 spiro atoms. The molecule has 2 nitrogen and oxygen atoms in total. The maximum Gasteiger partial charge on any atom is 0.00889 e. The van der Waals surface area contributed by atoms with Crippen LogP contribution in [0.15, 0.2) is 0 Å². The number of nitrogens with two attached hydrogens (primary N) is 1. The van der Waals surface area contributed by atoms with Crippen LogP contribution in [0.3, 0.4) is 0 Å². The van der Waals surface area contributed by atoms with Crippen LogP contribution in [0.25, 0.3) is 0 Å². The summed E-state index contributed by atoms with van der Waals surface area (Å²) >= 11 is 0. The number of hydrogen-bond donors (Lipinski definition) is 1. The van der Waals surface area contributed by atoms with E-state index in [2.05, 4.69) is 25.7 Å². The van der Waals surface area contributed by atoms with Crippen molar-refractivity contribution in [3.05, 3.63) is 0 Å². The lowest BCUT2D eigenvalue weighted by molar-refractivity contribution is 0.132. The Kier molecular flexibility index (Phi) is 8.44. The molecule has 1 rings (SSSR count). The van der Waals surface area contributed by atoms with Crippen LogP contribution >= 0.6 is 24.8 Å². The first-order valence-corrected chi connectivity index (χ1v) is 4.61. The summed E-state index contributed by atoms with van der Waals surface area (Å²) in [5, 5.41) is 0. The molecule has 4 heteroatoms. The van der Waals surface area contributed by atoms with Gasteiger partial charge in [0.2, 0.25) is 0 Å². The van der Waals surface area contributed by atoms with Crippen molar-refractivity contribution in [3.8, 4) is 0 Å². The third-order valence-corrected chi connectivity index (χ3v) is 2.73. The predicted molar refractivity (Wildman–Crippen MR) is 63.0 cm³/mol. The molecule has 0 bridgehead atoms. The lowest BCUT2D eigenvalue weighted by Crippen LogP contribution is -2.48. The molecule has 2 N–H and O–H groups in total. The van der Waals surface area contributed by atoms with E-state index in [0.29, 0.717) is 18.0 Å². The number of piperidine rings is 1. The Morgan fingerprint density at radius 2 is 1.85 bits per heavy atom. The van der Waals surface area contributed by atoms with E-state index in [4.69, 9.17) is 5.73 Å². The summed E-state index contributed by atoms with van der Waals surface area (Å²) in [7, 11) is 0. The molecular weight excluding hydrogens is 207 g/mol. The van der Waals surface area contributed by atoms with Crippen molar-refractivity contribution in [3.63, 3.8) is 0 Å². The molecule has 82 valence electrons. The van der Waals surface area contributed by atoms with Crippen molar-refractivity contribution in [1.29, 1.82) is 0 Å². The topological polar surface area (TPSA) is 29.3 Å². The molecule has 13 heavy (non-hydrogen) atoms. The Morgan fingerprint density at radius 1 is 1.31 bits per heavy atom. The first-order chi connectivity index (χ1) is 5.11. The monoisotopic (exact) mass is 228 g/mol. The van der Waals surface area contributed by atoms with Crippen LogP contribution in [0, 0.1) is 5.92 Å². The second-order valence-corrected chi connectivity index (χ2v) is 4.02. The summed E-state index contributed by atoms with van der Waals surface area (Å²) in [5.74, 6) is 0.672. The minimum atomic E-state index is 0. The van der Waals surface area contributed by atoms with Crippen LogP contribution < -0.4 is 5.73 Å². The SMILES string of the molecule is CC1CN(C(C)C)CCC1N.Cl.Cl. The van der Waals surface area contributed by atoms with Crippen molar-refractivity contribution in [2.45, 2.75) is 39.3 Å². The highest BCUT2D eigenvalue weighted by molar-refractivity contribution is 5.85.